The van der Waals surface area contributed by atoms with E-state index >= 15 is 0 Å². The van der Waals surface area contributed by atoms with E-state index in [-0.39, 0.29) is 5.44 Å². The Morgan fingerprint density at radius 2 is 1.79 bits per heavy atom. The average Bonchev–Trinajstić information content (AvgIpc) is 2.27. The SMILES string of the molecule is COC(S)c1cccc2ccccc12. The van der Waals surface area contributed by atoms with Gasteiger partial charge in [-0.15, -0.1) is 12.6 Å². The number of rotatable bonds is 2. The molecule has 0 N–H and O–H groups in total. The molecule has 0 amide bonds. The summed E-state index contributed by atoms with van der Waals surface area (Å²) in [6.07, 6.45) is 0. The van der Waals surface area contributed by atoms with Gasteiger partial charge in [0, 0.05) is 7.11 Å². The molecule has 72 valence electrons. The van der Waals surface area contributed by atoms with Gasteiger partial charge in [-0.1, -0.05) is 42.5 Å². The maximum atomic E-state index is 5.21. The molecular weight excluding hydrogens is 192 g/mol. The van der Waals surface area contributed by atoms with Gasteiger partial charge in [-0.05, 0) is 16.3 Å². The van der Waals surface area contributed by atoms with Crippen LogP contribution in [0.15, 0.2) is 42.5 Å². The molecule has 0 bridgehead atoms. The van der Waals surface area contributed by atoms with Gasteiger partial charge in [-0.3, -0.25) is 0 Å². The summed E-state index contributed by atoms with van der Waals surface area (Å²) in [6.45, 7) is 0. The van der Waals surface area contributed by atoms with E-state index in [1.807, 2.05) is 24.3 Å². The number of fused-ring (bicyclic) bond motifs is 1. The molecule has 2 heteroatoms. The Balaban J connectivity index is 2.65. The van der Waals surface area contributed by atoms with Gasteiger partial charge in [0.05, 0.1) is 0 Å². The molecule has 1 unspecified atom stereocenters. The van der Waals surface area contributed by atoms with Gasteiger partial charge in [0.25, 0.3) is 0 Å². The topological polar surface area (TPSA) is 9.23 Å². The minimum absolute atomic E-state index is 0.152. The highest BCUT2D eigenvalue weighted by Crippen LogP contribution is 2.28. The summed E-state index contributed by atoms with van der Waals surface area (Å²) in [5.41, 5.74) is 0.968. The van der Waals surface area contributed by atoms with Crippen molar-refractivity contribution in [3.05, 3.63) is 48.0 Å². The van der Waals surface area contributed by atoms with Crippen molar-refractivity contribution in [2.45, 2.75) is 5.44 Å². The van der Waals surface area contributed by atoms with Crippen molar-refractivity contribution in [1.82, 2.24) is 0 Å². The minimum atomic E-state index is -0.152. The van der Waals surface area contributed by atoms with Crippen LogP contribution < -0.4 is 0 Å². The lowest BCUT2D eigenvalue weighted by Gasteiger charge is -2.11. The molecule has 1 atom stereocenters. The fourth-order valence-electron chi connectivity index (χ4n) is 1.59. The predicted octanol–water partition coefficient (Wildman–Crippen LogP) is 3.41. The lowest BCUT2D eigenvalue weighted by molar-refractivity contribution is 0.178. The van der Waals surface area contributed by atoms with Crippen LogP contribution in [-0.4, -0.2) is 7.11 Å². The van der Waals surface area contributed by atoms with Crippen molar-refractivity contribution in [3.63, 3.8) is 0 Å². The molecule has 1 nitrogen and oxygen atoms in total. The van der Waals surface area contributed by atoms with E-state index in [0.29, 0.717) is 0 Å². The molecule has 0 saturated carbocycles. The Labute approximate surface area is 89.1 Å². The van der Waals surface area contributed by atoms with E-state index in [4.69, 9.17) is 4.74 Å². The fourth-order valence-corrected chi connectivity index (χ4v) is 1.82. The highest BCUT2D eigenvalue weighted by molar-refractivity contribution is 7.80. The Morgan fingerprint density at radius 1 is 1.07 bits per heavy atom. The summed E-state index contributed by atoms with van der Waals surface area (Å²) >= 11 is 4.37. The summed E-state index contributed by atoms with van der Waals surface area (Å²) in [5, 5.41) is 2.43. The van der Waals surface area contributed by atoms with E-state index in [9.17, 15) is 0 Å². The molecule has 2 aromatic carbocycles. The largest absolute Gasteiger partial charge is 0.366 e. The van der Waals surface area contributed by atoms with Crippen LogP contribution in [0.3, 0.4) is 0 Å². The maximum absolute atomic E-state index is 5.21. The van der Waals surface area contributed by atoms with Crippen molar-refractivity contribution in [3.8, 4) is 0 Å². The molecule has 2 rings (SSSR count). The Morgan fingerprint density at radius 3 is 2.57 bits per heavy atom. The van der Waals surface area contributed by atoms with Gasteiger partial charge >= 0.3 is 0 Å². The van der Waals surface area contributed by atoms with E-state index in [1.165, 1.54) is 10.8 Å². The van der Waals surface area contributed by atoms with Gasteiger partial charge < -0.3 is 4.74 Å². The third-order valence-electron chi connectivity index (χ3n) is 2.31. The normalized spacial score (nSPS) is 13.0. The van der Waals surface area contributed by atoms with Crippen molar-refractivity contribution >= 4 is 23.4 Å². The molecule has 0 aromatic heterocycles. The van der Waals surface area contributed by atoms with Crippen LogP contribution in [0.2, 0.25) is 0 Å². The number of hydrogen-bond acceptors (Lipinski definition) is 2. The smallest absolute Gasteiger partial charge is 0.125 e. The summed E-state index contributed by atoms with van der Waals surface area (Å²) in [5.74, 6) is 0. The number of methoxy groups -OCH3 is 1. The minimum Gasteiger partial charge on any atom is -0.366 e. The van der Waals surface area contributed by atoms with Crippen LogP contribution >= 0.6 is 12.6 Å². The number of benzene rings is 2. The summed E-state index contributed by atoms with van der Waals surface area (Å²) in [4.78, 5) is 0. The predicted molar refractivity (Wildman–Crippen MR) is 62.7 cm³/mol. The van der Waals surface area contributed by atoms with E-state index in [1.54, 1.807) is 7.11 Å². The highest BCUT2D eigenvalue weighted by atomic mass is 32.1. The summed E-state index contributed by atoms with van der Waals surface area (Å²) < 4.78 is 5.21. The first kappa shape index (κ1) is 9.56. The fraction of sp³-hybridized carbons (Fsp3) is 0.167. The summed E-state index contributed by atoms with van der Waals surface area (Å²) in [6, 6.07) is 14.4. The zero-order valence-corrected chi connectivity index (χ0v) is 8.87. The first-order valence-corrected chi connectivity index (χ1v) is 5.03. The second-order valence-electron chi connectivity index (χ2n) is 3.16. The monoisotopic (exact) mass is 204 g/mol. The molecule has 0 aliphatic rings. The van der Waals surface area contributed by atoms with Crippen LogP contribution in [-0.2, 0) is 4.74 Å². The van der Waals surface area contributed by atoms with Gasteiger partial charge in [0.1, 0.15) is 5.44 Å². The highest BCUT2D eigenvalue weighted by Gasteiger charge is 2.07. The second-order valence-corrected chi connectivity index (χ2v) is 3.63. The molecule has 0 radical (unpaired) electrons. The van der Waals surface area contributed by atoms with Crippen LogP contribution in [0.25, 0.3) is 10.8 Å². The molecule has 0 aliphatic heterocycles. The number of thiol groups is 1. The van der Waals surface area contributed by atoms with E-state index in [2.05, 4.69) is 30.8 Å². The van der Waals surface area contributed by atoms with Gasteiger partial charge in [-0.2, -0.15) is 0 Å². The Kier molecular flexibility index (Phi) is 2.75. The lowest BCUT2D eigenvalue weighted by Crippen LogP contribution is -1.93. The quantitative estimate of drug-likeness (QED) is 0.582. The lowest BCUT2D eigenvalue weighted by atomic mass is 10.1. The first-order valence-electron chi connectivity index (χ1n) is 4.51. The van der Waals surface area contributed by atoms with E-state index < -0.39 is 0 Å². The van der Waals surface area contributed by atoms with Crippen LogP contribution in [0.4, 0.5) is 0 Å². The molecule has 0 heterocycles. The number of hydrogen-bond donors (Lipinski definition) is 1. The first-order chi connectivity index (χ1) is 6.83. The molecule has 2 aromatic rings. The van der Waals surface area contributed by atoms with E-state index in [0.717, 1.165) is 5.56 Å². The molecule has 0 fully saturated rings. The second kappa shape index (κ2) is 4.03. The molecular formula is C12H12OS. The van der Waals surface area contributed by atoms with Gasteiger partial charge in [-0.25, -0.2) is 0 Å². The van der Waals surface area contributed by atoms with Crippen molar-refractivity contribution in [2.24, 2.45) is 0 Å². The third kappa shape index (κ3) is 1.63. The van der Waals surface area contributed by atoms with Gasteiger partial charge in [0.2, 0.25) is 0 Å². The van der Waals surface area contributed by atoms with Crippen molar-refractivity contribution < 1.29 is 4.74 Å². The van der Waals surface area contributed by atoms with Gasteiger partial charge in [0.15, 0.2) is 0 Å². The third-order valence-corrected chi connectivity index (χ3v) is 2.80. The zero-order valence-electron chi connectivity index (χ0n) is 7.97. The number of ether oxygens (including phenoxy) is 1. The Bertz CT molecular complexity index is 434. The van der Waals surface area contributed by atoms with Crippen LogP contribution in [0.1, 0.15) is 11.0 Å². The molecule has 0 spiro atoms. The summed E-state index contributed by atoms with van der Waals surface area (Å²) in [7, 11) is 1.67. The molecule has 14 heavy (non-hydrogen) atoms. The van der Waals surface area contributed by atoms with Crippen LogP contribution in [0.5, 0.6) is 0 Å². The average molecular weight is 204 g/mol. The molecule has 0 saturated heterocycles. The Hall–Kier alpha value is -0.990. The standard InChI is InChI=1S/C12H12OS/c1-13-12(14)11-8-4-6-9-5-2-3-7-10(9)11/h2-8,12,14H,1H3. The van der Waals surface area contributed by atoms with Crippen molar-refractivity contribution in [2.75, 3.05) is 7.11 Å². The molecule has 0 aliphatic carbocycles. The van der Waals surface area contributed by atoms with Crippen LogP contribution in [0, 0.1) is 0 Å². The zero-order chi connectivity index (χ0) is 9.97. The maximum Gasteiger partial charge on any atom is 0.125 e. The van der Waals surface area contributed by atoms with Crippen molar-refractivity contribution in [1.29, 1.82) is 0 Å².